The number of hydrogen-bond donors (Lipinski definition) is 2. The van der Waals surface area contributed by atoms with Crippen molar-refractivity contribution in [3.8, 4) is 5.75 Å². The van der Waals surface area contributed by atoms with Crippen LogP contribution in [0.25, 0.3) is 0 Å². The van der Waals surface area contributed by atoms with E-state index in [0.29, 0.717) is 12.0 Å². The van der Waals surface area contributed by atoms with Crippen LogP contribution in [0.3, 0.4) is 0 Å². The van der Waals surface area contributed by atoms with Crippen molar-refractivity contribution in [3.63, 3.8) is 0 Å². The lowest BCUT2D eigenvalue weighted by Gasteiger charge is -2.25. The second-order valence-corrected chi connectivity index (χ2v) is 5.40. The quantitative estimate of drug-likeness (QED) is 0.877. The number of benzene rings is 1. The van der Waals surface area contributed by atoms with Crippen molar-refractivity contribution in [1.29, 1.82) is 0 Å². The highest BCUT2D eigenvalue weighted by Crippen LogP contribution is 2.38. The minimum Gasteiger partial charge on any atom is -0.482 e. The van der Waals surface area contributed by atoms with E-state index in [1.807, 2.05) is 19.2 Å². The molecule has 1 amide bonds. The van der Waals surface area contributed by atoms with E-state index in [-0.39, 0.29) is 12.5 Å². The molecule has 1 aliphatic carbocycles. The van der Waals surface area contributed by atoms with Crippen LogP contribution in [0.1, 0.15) is 37.3 Å². The SMILES string of the molecule is CNC(c1ccc2c(c1)NC(=O)CO2)C1CCCC1. The molecule has 1 heterocycles. The van der Waals surface area contributed by atoms with E-state index < -0.39 is 0 Å². The highest BCUT2D eigenvalue weighted by molar-refractivity contribution is 5.95. The van der Waals surface area contributed by atoms with Gasteiger partial charge < -0.3 is 15.4 Å². The van der Waals surface area contributed by atoms with Crippen molar-refractivity contribution in [3.05, 3.63) is 23.8 Å². The zero-order valence-electron chi connectivity index (χ0n) is 11.2. The summed E-state index contributed by atoms with van der Waals surface area (Å²) in [4.78, 5) is 11.4. The van der Waals surface area contributed by atoms with Gasteiger partial charge >= 0.3 is 0 Å². The molecule has 3 rings (SSSR count). The van der Waals surface area contributed by atoms with Crippen molar-refractivity contribution < 1.29 is 9.53 Å². The summed E-state index contributed by atoms with van der Waals surface area (Å²) >= 11 is 0. The summed E-state index contributed by atoms with van der Waals surface area (Å²) in [6.07, 6.45) is 5.22. The van der Waals surface area contributed by atoms with Crippen LogP contribution in [0, 0.1) is 5.92 Å². The number of anilines is 1. The Morgan fingerprint density at radius 3 is 2.89 bits per heavy atom. The summed E-state index contributed by atoms with van der Waals surface area (Å²) in [5.41, 5.74) is 2.03. The average Bonchev–Trinajstić information content (AvgIpc) is 2.93. The number of rotatable bonds is 3. The van der Waals surface area contributed by atoms with Crippen LogP contribution in [-0.2, 0) is 4.79 Å². The van der Waals surface area contributed by atoms with Gasteiger partial charge in [0.05, 0.1) is 5.69 Å². The smallest absolute Gasteiger partial charge is 0.262 e. The number of nitrogens with one attached hydrogen (secondary N) is 2. The number of hydrogen-bond acceptors (Lipinski definition) is 3. The van der Waals surface area contributed by atoms with Crippen LogP contribution in [0.5, 0.6) is 5.75 Å². The lowest BCUT2D eigenvalue weighted by Crippen LogP contribution is -2.27. The van der Waals surface area contributed by atoms with Crippen LogP contribution in [0.4, 0.5) is 5.69 Å². The van der Waals surface area contributed by atoms with Gasteiger partial charge in [0.1, 0.15) is 5.75 Å². The van der Waals surface area contributed by atoms with E-state index in [9.17, 15) is 4.79 Å². The van der Waals surface area contributed by atoms with E-state index in [4.69, 9.17) is 4.74 Å². The van der Waals surface area contributed by atoms with Crippen molar-refractivity contribution >= 4 is 11.6 Å². The molecule has 1 saturated carbocycles. The number of carbonyl (C=O) groups is 1. The fraction of sp³-hybridized carbons (Fsp3) is 0.533. The Balaban J connectivity index is 1.87. The van der Waals surface area contributed by atoms with Crippen molar-refractivity contribution in [1.82, 2.24) is 5.32 Å². The molecule has 2 N–H and O–H groups in total. The molecule has 1 unspecified atom stereocenters. The normalized spacial score (nSPS) is 20.6. The maximum atomic E-state index is 11.4. The molecule has 1 atom stereocenters. The number of fused-ring (bicyclic) bond motifs is 1. The molecule has 0 bridgehead atoms. The minimum absolute atomic E-state index is 0.0773. The Hall–Kier alpha value is -1.55. The molecular weight excluding hydrogens is 240 g/mol. The van der Waals surface area contributed by atoms with Gasteiger partial charge in [0.2, 0.25) is 0 Å². The largest absolute Gasteiger partial charge is 0.482 e. The molecule has 19 heavy (non-hydrogen) atoms. The topological polar surface area (TPSA) is 50.4 Å². The zero-order chi connectivity index (χ0) is 13.2. The fourth-order valence-electron chi connectivity index (χ4n) is 3.26. The molecule has 4 heteroatoms. The summed E-state index contributed by atoms with van der Waals surface area (Å²) in [5.74, 6) is 1.39. The van der Waals surface area contributed by atoms with Gasteiger partial charge in [-0.2, -0.15) is 0 Å². The van der Waals surface area contributed by atoms with Crippen LogP contribution in [0.2, 0.25) is 0 Å². The van der Waals surface area contributed by atoms with Crippen LogP contribution in [-0.4, -0.2) is 19.6 Å². The third kappa shape index (κ3) is 2.45. The Labute approximate surface area is 113 Å². The first-order valence-electron chi connectivity index (χ1n) is 7.02. The highest BCUT2D eigenvalue weighted by Gasteiger charge is 2.26. The van der Waals surface area contributed by atoms with Gasteiger partial charge in [-0.3, -0.25) is 4.79 Å². The van der Waals surface area contributed by atoms with Crippen LogP contribution >= 0.6 is 0 Å². The Morgan fingerprint density at radius 2 is 2.16 bits per heavy atom. The van der Waals surface area contributed by atoms with Gasteiger partial charge in [-0.15, -0.1) is 0 Å². The molecule has 0 radical (unpaired) electrons. The summed E-state index contributed by atoms with van der Waals surface area (Å²) in [6, 6.07) is 6.48. The average molecular weight is 260 g/mol. The standard InChI is InChI=1S/C15H20N2O2/c1-16-15(10-4-2-3-5-10)11-6-7-13-12(8-11)17-14(18)9-19-13/h6-8,10,15-16H,2-5,9H2,1H3,(H,17,18). The summed E-state index contributed by atoms with van der Waals surface area (Å²) < 4.78 is 5.40. The van der Waals surface area contributed by atoms with E-state index in [1.54, 1.807) is 0 Å². The van der Waals surface area contributed by atoms with Gasteiger partial charge in [0, 0.05) is 6.04 Å². The molecule has 4 nitrogen and oxygen atoms in total. The summed E-state index contributed by atoms with van der Waals surface area (Å²) in [6.45, 7) is 0.116. The molecule has 1 aliphatic heterocycles. The third-order valence-electron chi connectivity index (χ3n) is 4.18. The molecule has 102 valence electrons. The van der Waals surface area contributed by atoms with Gasteiger partial charge in [0.15, 0.2) is 6.61 Å². The molecule has 2 aliphatic rings. The van der Waals surface area contributed by atoms with Crippen molar-refractivity contribution in [2.45, 2.75) is 31.7 Å². The molecule has 0 saturated heterocycles. The summed E-state index contributed by atoms with van der Waals surface area (Å²) in [7, 11) is 2.01. The van der Waals surface area contributed by atoms with Crippen molar-refractivity contribution in [2.75, 3.05) is 19.0 Å². The lowest BCUT2D eigenvalue weighted by atomic mass is 9.91. The molecule has 1 fully saturated rings. The molecule has 0 spiro atoms. The highest BCUT2D eigenvalue weighted by atomic mass is 16.5. The number of amides is 1. The first-order valence-corrected chi connectivity index (χ1v) is 7.02. The predicted octanol–water partition coefficient (Wildman–Crippen LogP) is 2.47. The first kappa shape index (κ1) is 12.5. The Kier molecular flexibility index (Phi) is 3.42. The predicted molar refractivity (Wildman–Crippen MR) is 74.3 cm³/mol. The third-order valence-corrected chi connectivity index (χ3v) is 4.18. The molecule has 1 aromatic carbocycles. The van der Waals surface area contributed by atoms with E-state index >= 15 is 0 Å². The molecular formula is C15H20N2O2. The van der Waals surface area contributed by atoms with Crippen LogP contribution in [0.15, 0.2) is 18.2 Å². The molecule has 1 aromatic rings. The summed E-state index contributed by atoms with van der Waals surface area (Å²) in [5, 5.41) is 6.30. The monoisotopic (exact) mass is 260 g/mol. The van der Waals surface area contributed by atoms with Gasteiger partial charge in [-0.25, -0.2) is 0 Å². The van der Waals surface area contributed by atoms with E-state index in [1.165, 1.54) is 31.2 Å². The van der Waals surface area contributed by atoms with Crippen LogP contribution < -0.4 is 15.4 Å². The Morgan fingerprint density at radius 1 is 1.37 bits per heavy atom. The first-order chi connectivity index (χ1) is 9.28. The fourth-order valence-corrected chi connectivity index (χ4v) is 3.26. The van der Waals surface area contributed by atoms with Gasteiger partial charge in [0.25, 0.3) is 5.91 Å². The van der Waals surface area contributed by atoms with Gasteiger partial charge in [-0.05, 0) is 43.5 Å². The van der Waals surface area contributed by atoms with E-state index in [2.05, 4.69) is 16.7 Å². The maximum Gasteiger partial charge on any atom is 0.262 e. The second-order valence-electron chi connectivity index (χ2n) is 5.40. The minimum atomic E-state index is -0.0773. The maximum absolute atomic E-state index is 11.4. The molecule has 0 aromatic heterocycles. The van der Waals surface area contributed by atoms with Crippen molar-refractivity contribution in [2.24, 2.45) is 5.92 Å². The number of carbonyl (C=O) groups excluding carboxylic acids is 1. The van der Waals surface area contributed by atoms with E-state index in [0.717, 1.165) is 11.4 Å². The van der Waals surface area contributed by atoms with Gasteiger partial charge in [-0.1, -0.05) is 18.9 Å². The lowest BCUT2D eigenvalue weighted by molar-refractivity contribution is -0.118. The Bertz CT molecular complexity index is 481. The number of ether oxygens (including phenoxy) is 1. The second kappa shape index (κ2) is 5.21. The zero-order valence-corrected chi connectivity index (χ0v) is 11.2.